The molecule has 0 aliphatic carbocycles. The first kappa shape index (κ1) is 13.9. The SMILES string of the molecule is CCC(CNC(=O)NCc1noc(C)n1)C(=O)O. The lowest BCUT2D eigenvalue weighted by Crippen LogP contribution is -2.39. The van der Waals surface area contributed by atoms with Gasteiger partial charge in [-0.15, -0.1) is 0 Å². The molecule has 3 N–H and O–H groups in total. The maximum Gasteiger partial charge on any atom is 0.315 e. The summed E-state index contributed by atoms with van der Waals surface area (Å²) in [5.41, 5.74) is 0. The summed E-state index contributed by atoms with van der Waals surface area (Å²) >= 11 is 0. The molecule has 1 atom stereocenters. The number of aliphatic carboxylic acids is 1. The van der Waals surface area contributed by atoms with E-state index in [-0.39, 0.29) is 13.1 Å². The van der Waals surface area contributed by atoms with Gasteiger partial charge in [0.2, 0.25) is 5.89 Å². The molecule has 0 aliphatic rings. The Labute approximate surface area is 104 Å². The number of hydrogen-bond donors (Lipinski definition) is 3. The zero-order valence-corrected chi connectivity index (χ0v) is 10.3. The van der Waals surface area contributed by atoms with E-state index in [1.807, 2.05) is 0 Å². The number of amides is 2. The highest BCUT2D eigenvalue weighted by molar-refractivity contribution is 5.75. The molecule has 0 aliphatic heterocycles. The predicted molar refractivity (Wildman–Crippen MR) is 60.7 cm³/mol. The Morgan fingerprint density at radius 2 is 2.17 bits per heavy atom. The van der Waals surface area contributed by atoms with Gasteiger partial charge in [-0.1, -0.05) is 12.1 Å². The number of aromatic nitrogens is 2. The second kappa shape index (κ2) is 6.58. The molecule has 18 heavy (non-hydrogen) atoms. The first-order valence-corrected chi connectivity index (χ1v) is 5.56. The molecule has 0 saturated carbocycles. The van der Waals surface area contributed by atoms with Crippen molar-refractivity contribution >= 4 is 12.0 Å². The lowest BCUT2D eigenvalue weighted by molar-refractivity contribution is -0.141. The van der Waals surface area contributed by atoms with Crippen LogP contribution < -0.4 is 10.6 Å². The highest BCUT2D eigenvalue weighted by Gasteiger charge is 2.15. The minimum absolute atomic E-state index is 0.0862. The van der Waals surface area contributed by atoms with Gasteiger partial charge < -0.3 is 20.3 Å². The van der Waals surface area contributed by atoms with Crippen LogP contribution in [0.1, 0.15) is 25.1 Å². The first-order chi connectivity index (χ1) is 8.52. The molecule has 0 aromatic carbocycles. The Bertz CT molecular complexity index is 418. The predicted octanol–water partition coefficient (Wildman–Crippen LogP) is 0.288. The number of carboxylic acids is 1. The number of nitrogens with one attached hydrogen (secondary N) is 2. The number of nitrogens with zero attached hydrogens (tertiary/aromatic N) is 2. The van der Waals surface area contributed by atoms with Crippen LogP contribution in [0.3, 0.4) is 0 Å². The monoisotopic (exact) mass is 256 g/mol. The molecular formula is C10H16N4O4. The quantitative estimate of drug-likeness (QED) is 0.673. The van der Waals surface area contributed by atoms with E-state index >= 15 is 0 Å². The molecule has 8 nitrogen and oxygen atoms in total. The summed E-state index contributed by atoms with van der Waals surface area (Å²) in [6.07, 6.45) is 0.458. The van der Waals surface area contributed by atoms with Gasteiger partial charge in [0.15, 0.2) is 5.82 Å². The summed E-state index contributed by atoms with van der Waals surface area (Å²) in [5.74, 6) is -0.716. The molecule has 0 fully saturated rings. The Morgan fingerprint density at radius 1 is 1.44 bits per heavy atom. The fourth-order valence-electron chi connectivity index (χ4n) is 1.26. The average Bonchev–Trinajstić information content (AvgIpc) is 2.73. The fourth-order valence-corrected chi connectivity index (χ4v) is 1.26. The van der Waals surface area contributed by atoms with Crippen molar-refractivity contribution in [2.75, 3.05) is 6.54 Å². The van der Waals surface area contributed by atoms with Crippen LogP contribution in [0.25, 0.3) is 0 Å². The summed E-state index contributed by atoms with van der Waals surface area (Å²) in [6.45, 7) is 3.62. The summed E-state index contributed by atoms with van der Waals surface area (Å²) < 4.78 is 4.73. The van der Waals surface area contributed by atoms with Gasteiger partial charge in [0, 0.05) is 13.5 Å². The zero-order chi connectivity index (χ0) is 13.5. The normalized spacial score (nSPS) is 11.9. The number of carbonyl (C=O) groups is 2. The van der Waals surface area contributed by atoms with E-state index in [1.165, 1.54) is 0 Å². The average molecular weight is 256 g/mol. The van der Waals surface area contributed by atoms with Crippen molar-refractivity contribution in [2.45, 2.75) is 26.8 Å². The van der Waals surface area contributed by atoms with Crippen LogP contribution in [-0.2, 0) is 11.3 Å². The molecule has 1 aromatic heterocycles. The van der Waals surface area contributed by atoms with E-state index in [0.29, 0.717) is 18.1 Å². The highest BCUT2D eigenvalue weighted by Crippen LogP contribution is 2.00. The summed E-state index contributed by atoms with van der Waals surface area (Å²) in [7, 11) is 0. The number of aryl methyl sites for hydroxylation is 1. The van der Waals surface area contributed by atoms with Gasteiger partial charge in [-0.25, -0.2) is 4.79 Å². The summed E-state index contributed by atoms with van der Waals surface area (Å²) in [5, 5.41) is 17.4. The van der Waals surface area contributed by atoms with Crippen molar-refractivity contribution in [2.24, 2.45) is 5.92 Å². The molecule has 0 spiro atoms. The molecule has 0 bridgehead atoms. The lowest BCUT2D eigenvalue weighted by atomic mass is 10.1. The third-order valence-electron chi connectivity index (χ3n) is 2.33. The van der Waals surface area contributed by atoms with Crippen molar-refractivity contribution in [3.8, 4) is 0 Å². The molecule has 1 heterocycles. The number of rotatable bonds is 6. The highest BCUT2D eigenvalue weighted by atomic mass is 16.5. The number of hydrogen-bond acceptors (Lipinski definition) is 5. The summed E-state index contributed by atoms with van der Waals surface area (Å²) in [4.78, 5) is 26.0. The van der Waals surface area contributed by atoms with Gasteiger partial charge in [-0.05, 0) is 6.42 Å². The Morgan fingerprint density at radius 3 is 2.67 bits per heavy atom. The van der Waals surface area contributed by atoms with E-state index in [4.69, 9.17) is 9.63 Å². The minimum Gasteiger partial charge on any atom is -0.481 e. The Kier molecular flexibility index (Phi) is 5.09. The maximum absolute atomic E-state index is 11.4. The molecule has 1 aromatic rings. The molecule has 0 radical (unpaired) electrons. The molecule has 1 rings (SSSR count). The van der Waals surface area contributed by atoms with Gasteiger partial charge in [0.05, 0.1) is 12.5 Å². The third kappa shape index (κ3) is 4.40. The van der Waals surface area contributed by atoms with E-state index in [2.05, 4.69) is 20.8 Å². The number of carbonyl (C=O) groups excluding carboxylic acids is 1. The number of urea groups is 1. The molecular weight excluding hydrogens is 240 g/mol. The largest absolute Gasteiger partial charge is 0.481 e. The van der Waals surface area contributed by atoms with Crippen molar-refractivity contribution in [1.82, 2.24) is 20.8 Å². The molecule has 1 unspecified atom stereocenters. The van der Waals surface area contributed by atoms with Crippen LogP contribution in [0.5, 0.6) is 0 Å². The van der Waals surface area contributed by atoms with E-state index < -0.39 is 17.9 Å². The van der Waals surface area contributed by atoms with Crippen molar-refractivity contribution in [1.29, 1.82) is 0 Å². The first-order valence-electron chi connectivity index (χ1n) is 5.56. The van der Waals surface area contributed by atoms with Crippen LogP contribution in [0, 0.1) is 12.8 Å². The Hall–Kier alpha value is -2.12. The number of carboxylic acid groups (broad SMARTS) is 1. The van der Waals surface area contributed by atoms with Crippen LogP contribution in [-0.4, -0.2) is 33.8 Å². The van der Waals surface area contributed by atoms with Crippen molar-refractivity contribution in [3.63, 3.8) is 0 Å². The topological polar surface area (TPSA) is 117 Å². The van der Waals surface area contributed by atoms with Gasteiger partial charge in [-0.2, -0.15) is 4.98 Å². The second-order valence-electron chi connectivity index (χ2n) is 3.74. The van der Waals surface area contributed by atoms with Crippen LogP contribution >= 0.6 is 0 Å². The standard InChI is InChI=1S/C10H16N4O4/c1-3-7(9(15)16)4-11-10(17)12-5-8-13-6(2)18-14-8/h7H,3-5H2,1-2H3,(H,15,16)(H2,11,12,17). The van der Waals surface area contributed by atoms with Crippen molar-refractivity contribution < 1.29 is 19.2 Å². The summed E-state index contributed by atoms with van der Waals surface area (Å²) in [6, 6.07) is -0.461. The maximum atomic E-state index is 11.4. The second-order valence-corrected chi connectivity index (χ2v) is 3.74. The van der Waals surface area contributed by atoms with E-state index in [9.17, 15) is 9.59 Å². The zero-order valence-electron chi connectivity index (χ0n) is 10.3. The van der Waals surface area contributed by atoms with Gasteiger partial charge in [-0.3, -0.25) is 4.79 Å². The lowest BCUT2D eigenvalue weighted by Gasteiger charge is -2.11. The smallest absolute Gasteiger partial charge is 0.315 e. The third-order valence-corrected chi connectivity index (χ3v) is 2.33. The van der Waals surface area contributed by atoms with E-state index in [0.717, 1.165) is 0 Å². The minimum atomic E-state index is -0.924. The van der Waals surface area contributed by atoms with Gasteiger partial charge in [0.1, 0.15) is 0 Å². The van der Waals surface area contributed by atoms with Gasteiger partial charge in [0.25, 0.3) is 0 Å². The molecule has 0 saturated heterocycles. The van der Waals surface area contributed by atoms with Crippen LogP contribution in [0.4, 0.5) is 4.79 Å². The van der Waals surface area contributed by atoms with E-state index in [1.54, 1.807) is 13.8 Å². The Balaban J connectivity index is 2.27. The van der Waals surface area contributed by atoms with Crippen molar-refractivity contribution in [3.05, 3.63) is 11.7 Å². The van der Waals surface area contributed by atoms with Gasteiger partial charge >= 0.3 is 12.0 Å². The molecule has 8 heteroatoms. The molecule has 100 valence electrons. The fraction of sp³-hybridized carbons (Fsp3) is 0.600. The molecule has 2 amide bonds. The van der Waals surface area contributed by atoms with Crippen LogP contribution in [0.2, 0.25) is 0 Å². The van der Waals surface area contributed by atoms with Crippen LogP contribution in [0.15, 0.2) is 4.52 Å².